The van der Waals surface area contributed by atoms with Gasteiger partial charge in [0.25, 0.3) is 0 Å². The van der Waals surface area contributed by atoms with Gasteiger partial charge >= 0.3 is 0 Å². The van der Waals surface area contributed by atoms with Crippen molar-refractivity contribution in [3.8, 4) is 0 Å². The van der Waals surface area contributed by atoms with Crippen molar-refractivity contribution in [2.45, 2.75) is 25.4 Å². The number of hydrogen-bond donors (Lipinski definition) is 1. The van der Waals surface area contributed by atoms with Gasteiger partial charge in [-0.1, -0.05) is 0 Å². The Kier molecular flexibility index (Phi) is 4.39. The molecule has 1 N–H and O–H groups in total. The largest absolute Gasteiger partial charge is 0.383 e. The summed E-state index contributed by atoms with van der Waals surface area (Å²) in [5.41, 5.74) is 0. The van der Waals surface area contributed by atoms with E-state index < -0.39 is 0 Å². The van der Waals surface area contributed by atoms with E-state index in [4.69, 9.17) is 4.74 Å². The molecule has 0 radical (unpaired) electrons. The van der Waals surface area contributed by atoms with Crippen molar-refractivity contribution in [2.75, 3.05) is 39.2 Å². The van der Waals surface area contributed by atoms with Crippen molar-refractivity contribution in [1.29, 1.82) is 0 Å². The Bertz CT molecular complexity index is 339. The van der Waals surface area contributed by atoms with Gasteiger partial charge in [-0.2, -0.15) is 0 Å². The number of piperidine rings is 1. The van der Waals surface area contributed by atoms with Gasteiger partial charge in [0.05, 0.1) is 6.61 Å². The number of rotatable bonds is 5. The summed E-state index contributed by atoms with van der Waals surface area (Å²) in [6.07, 6.45) is 6.31. The second-order valence-electron chi connectivity index (χ2n) is 4.68. The molecule has 1 fully saturated rings. The number of nitrogens with one attached hydrogen (secondary N) is 1. The summed E-state index contributed by atoms with van der Waals surface area (Å²) in [4.78, 5) is 6.73. The third-order valence-electron chi connectivity index (χ3n) is 3.21. The molecule has 0 aromatic carbocycles. The third kappa shape index (κ3) is 3.44. The first-order valence-corrected chi connectivity index (χ1v) is 6.24. The van der Waals surface area contributed by atoms with Gasteiger partial charge in [0.2, 0.25) is 5.95 Å². The topological polar surface area (TPSA) is 42.3 Å². The summed E-state index contributed by atoms with van der Waals surface area (Å²) in [6.45, 7) is 3.87. The molecule has 2 heterocycles. The highest BCUT2D eigenvalue weighted by Crippen LogP contribution is 2.13. The molecule has 0 amide bonds. The molecule has 0 aliphatic carbocycles. The number of hydrogen-bond acceptors (Lipinski definition) is 4. The standard InChI is InChI=1S/C12H22N4O/c1-15-6-3-4-11(10-15)14-12-13-5-7-16(12)8-9-17-2/h5,7,11H,3-4,6,8-10H2,1-2H3,(H,13,14). The Morgan fingerprint density at radius 3 is 3.24 bits per heavy atom. The highest BCUT2D eigenvalue weighted by molar-refractivity contribution is 5.28. The molecule has 1 aromatic rings. The van der Waals surface area contributed by atoms with Crippen LogP contribution >= 0.6 is 0 Å². The Labute approximate surface area is 103 Å². The van der Waals surface area contributed by atoms with Gasteiger partial charge in [0.1, 0.15) is 0 Å². The molecule has 1 aliphatic heterocycles. The maximum atomic E-state index is 5.09. The maximum Gasteiger partial charge on any atom is 0.203 e. The van der Waals surface area contributed by atoms with Gasteiger partial charge < -0.3 is 19.5 Å². The lowest BCUT2D eigenvalue weighted by Gasteiger charge is -2.30. The van der Waals surface area contributed by atoms with Crippen LogP contribution in [0.1, 0.15) is 12.8 Å². The molecule has 5 nitrogen and oxygen atoms in total. The molecule has 1 unspecified atom stereocenters. The summed E-state index contributed by atoms with van der Waals surface area (Å²) >= 11 is 0. The molecule has 17 heavy (non-hydrogen) atoms. The molecule has 1 aromatic heterocycles. The first kappa shape index (κ1) is 12.4. The second kappa shape index (κ2) is 6.02. The molecule has 0 bridgehead atoms. The van der Waals surface area contributed by atoms with Gasteiger partial charge in [0.15, 0.2) is 0 Å². The molecule has 0 saturated carbocycles. The number of aromatic nitrogens is 2. The summed E-state index contributed by atoms with van der Waals surface area (Å²) in [5, 5.41) is 3.52. The highest BCUT2D eigenvalue weighted by atomic mass is 16.5. The van der Waals surface area contributed by atoms with Gasteiger partial charge in [-0.15, -0.1) is 0 Å². The molecule has 1 atom stereocenters. The predicted octanol–water partition coefficient (Wildman–Crippen LogP) is 1.04. The average Bonchev–Trinajstić information content (AvgIpc) is 2.74. The van der Waals surface area contributed by atoms with E-state index in [9.17, 15) is 0 Å². The fraction of sp³-hybridized carbons (Fsp3) is 0.750. The van der Waals surface area contributed by atoms with Crippen molar-refractivity contribution < 1.29 is 4.74 Å². The molecular weight excluding hydrogens is 216 g/mol. The summed E-state index contributed by atoms with van der Waals surface area (Å²) in [6, 6.07) is 0.512. The van der Waals surface area contributed by atoms with Crippen LogP contribution in [0, 0.1) is 0 Å². The minimum atomic E-state index is 0.512. The number of ether oxygens (including phenoxy) is 1. The van der Waals surface area contributed by atoms with Crippen LogP contribution in [0.5, 0.6) is 0 Å². The fourth-order valence-corrected chi connectivity index (χ4v) is 2.29. The van der Waals surface area contributed by atoms with Gasteiger partial charge in [-0.3, -0.25) is 0 Å². The maximum absolute atomic E-state index is 5.09. The average molecular weight is 238 g/mol. The van der Waals surface area contributed by atoms with Crippen LogP contribution in [0.25, 0.3) is 0 Å². The normalized spacial score (nSPS) is 21.6. The third-order valence-corrected chi connectivity index (χ3v) is 3.21. The van der Waals surface area contributed by atoms with Crippen LogP contribution in [0.3, 0.4) is 0 Å². The van der Waals surface area contributed by atoms with Gasteiger partial charge in [-0.25, -0.2) is 4.98 Å². The van der Waals surface area contributed by atoms with E-state index >= 15 is 0 Å². The fourth-order valence-electron chi connectivity index (χ4n) is 2.29. The Hall–Kier alpha value is -1.07. The van der Waals surface area contributed by atoms with E-state index in [0.717, 1.165) is 25.6 Å². The number of imidazole rings is 1. The quantitative estimate of drug-likeness (QED) is 0.832. The van der Waals surface area contributed by atoms with Crippen LogP contribution in [-0.4, -0.2) is 54.3 Å². The van der Waals surface area contributed by atoms with E-state index in [1.54, 1.807) is 7.11 Å². The number of anilines is 1. The number of nitrogens with zero attached hydrogens (tertiary/aromatic N) is 3. The van der Waals surface area contributed by atoms with E-state index in [1.165, 1.54) is 19.4 Å². The molecule has 96 valence electrons. The molecular formula is C12H22N4O. The predicted molar refractivity (Wildman–Crippen MR) is 68.2 cm³/mol. The van der Waals surface area contributed by atoms with Crippen LogP contribution in [0.4, 0.5) is 5.95 Å². The van der Waals surface area contributed by atoms with Gasteiger partial charge in [0, 0.05) is 38.6 Å². The van der Waals surface area contributed by atoms with E-state index in [-0.39, 0.29) is 0 Å². The minimum Gasteiger partial charge on any atom is -0.383 e. The van der Waals surface area contributed by atoms with Crippen LogP contribution < -0.4 is 5.32 Å². The van der Waals surface area contributed by atoms with E-state index in [0.29, 0.717) is 6.04 Å². The zero-order valence-electron chi connectivity index (χ0n) is 10.7. The lowest BCUT2D eigenvalue weighted by Crippen LogP contribution is -2.40. The SMILES string of the molecule is COCCn1ccnc1NC1CCCN(C)C1. The first-order valence-electron chi connectivity index (χ1n) is 6.24. The first-order chi connectivity index (χ1) is 8.29. The van der Waals surface area contributed by atoms with Crippen LogP contribution in [0.2, 0.25) is 0 Å². The minimum absolute atomic E-state index is 0.512. The summed E-state index contributed by atoms with van der Waals surface area (Å²) in [7, 11) is 3.89. The van der Waals surface area contributed by atoms with Crippen LogP contribution in [-0.2, 0) is 11.3 Å². The highest BCUT2D eigenvalue weighted by Gasteiger charge is 2.18. The smallest absolute Gasteiger partial charge is 0.203 e. The molecule has 0 spiro atoms. The van der Waals surface area contributed by atoms with E-state index in [1.807, 2.05) is 12.4 Å². The molecule has 5 heteroatoms. The van der Waals surface area contributed by atoms with Crippen molar-refractivity contribution in [1.82, 2.24) is 14.5 Å². The number of likely N-dealkylation sites (tertiary alicyclic amines) is 1. The molecule has 1 saturated heterocycles. The van der Waals surface area contributed by atoms with Crippen LogP contribution in [0.15, 0.2) is 12.4 Å². The summed E-state index contributed by atoms with van der Waals surface area (Å²) in [5.74, 6) is 0.961. The Balaban J connectivity index is 1.91. The van der Waals surface area contributed by atoms with Crippen molar-refractivity contribution in [3.05, 3.63) is 12.4 Å². The zero-order valence-corrected chi connectivity index (χ0v) is 10.7. The van der Waals surface area contributed by atoms with Crippen molar-refractivity contribution >= 4 is 5.95 Å². The lowest BCUT2D eigenvalue weighted by atomic mass is 10.1. The van der Waals surface area contributed by atoms with Gasteiger partial charge in [-0.05, 0) is 26.4 Å². The summed E-state index contributed by atoms with van der Waals surface area (Å²) < 4.78 is 7.20. The number of likely N-dealkylation sites (N-methyl/N-ethyl adjacent to an activating group) is 1. The van der Waals surface area contributed by atoms with Crippen molar-refractivity contribution in [3.63, 3.8) is 0 Å². The Morgan fingerprint density at radius 1 is 1.59 bits per heavy atom. The lowest BCUT2D eigenvalue weighted by molar-refractivity contribution is 0.187. The monoisotopic (exact) mass is 238 g/mol. The van der Waals surface area contributed by atoms with Crippen molar-refractivity contribution in [2.24, 2.45) is 0 Å². The Morgan fingerprint density at radius 2 is 2.47 bits per heavy atom. The number of methoxy groups -OCH3 is 1. The van der Waals surface area contributed by atoms with E-state index in [2.05, 4.69) is 26.8 Å². The zero-order chi connectivity index (χ0) is 12.1. The molecule has 2 rings (SSSR count). The second-order valence-corrected chi connectivity index (χ2v) is 4.68. The molecule has 1 aliphatic rings.